The highest BCUT2D eigenvalue weighted by Crippen LogP contribution is 2.50. The highest BCUT2D eigenvalue weighted by molar-refractivity contribution is 8.07. The van der Waals surface area contributed by atoms with Gasteiger partial charge in [-0.25, -0.2) is 24.3 Å². The van der Waals surface area contributed by atoms with E-state index in [2.05, 4.69) is 42.5 Å². The van der Waals surface area contributed by atoms with E-state index in [9.17, 15) is 9.69 Å². The number of anilines is 2. The minimum absolute atomic E-state index is 0.00448. The molecular weight excluding hydrogens is 614 g/mol. The molecule has 0 saturated heterocycles. The van der Waals surface area contributed by atoms with Gasteiger partial charge in [-0.2, -0.15) is 17.6 Å². The van der Waals surface area contributed by atoms with Crippen molar-refractivity contribution in [2.45, 2.75) is 49.2 Å². The zero-order chi connectivity index (χ0) is 29.8. The summed E-state index contributed by atoms with van der Waals surface area (Å²) in [6, 6.07) is 0. The van der Waals surface area contributed by atoms with Gasteiger partial charge in [-0.15, -0.1) is 0 Å². The summed E-state index contributed by atoms with van der Waals surface area (Å²) in [5, 5.41) is -1.10. The van der Waals surface area contributed by atoms with Crippen LogP contribution in [0.3, 0.4) is 0 Å². The SMILES string of the molecule is CO[C@@H]1C2=C(COP(O)(=S)O[C@@H]([C@@H](S)n3cnc4c(=O)[nH]c(N)nc43)[C@@H](F)CCC2)O[C@H]1n1cnc2c(N)ncnc21. The Labute approximate surface area is 246 Å². The second kappa shape index (κ2) is 11.1. The number of H-pyrrole nitrogens is 1. The number of methoxy groups -OCH3 is 1. The van der Waals surface area contributed by atoms with Gasteiger partial charge in [0.1, 0.15) is 54.3 Å². The molecule has 4 aromatic heterocycles. The van der Waals surface area contributed by atoms with Crippen LogP contribution in [0.4, 0.5) is 16.2 Å². The van der Waals surface area contributed by atoms with Crippen LogP contribution in [0.5, 0.6) is 0 Å². The number of halogens is 1. The molecule has 0 amide bonds. The van der Waals surface area contributed by atoms with Crippen LogP contribution in [0, 0.1) is 0 Å². The lowest BCUT2D eigenvalue weighted by Gasteiger charge is -2.30. The molecule has 42 heavy (non-hydrogen) atoms. The minimum atomic E-state index is -4.07. The Morgan fingerprint density at radius 2 is 2.05 bits per heavy atom. The molecule has 4 aromatic rings. The molecular formula is C22H26FN10O6PS2. The van der Waals surface area contributed by atoms with E-state index in [0.29, 0.717) is 35.3 Å². The fourth-order valence-electron chi connectivity index (χ4n) is 5.12. The van der Waals surface area contributed by atoms with Crippen molar-refractivity contribution in [3.8, 4) is 0 Å². The summed E-state index contributed by atoms with van der Waals surface area (Å²) in [5.41, 5.74) is 12.6. The molecule has 2 aliphatic rings. The Balaban J connectivity index is 1.27. The van der Waals surface area contributed by atoms with E-state index in [1.54, 1.807) is 4.57 Å². The van der Waals surface area contributed by atoms with Crippen LogP contribution in [0.1, 0.15) is 30.9 Å². The van der Waals surface area contributed by atoms with Crippen molar-refractivity contribution in [1.82, 2.24) is 39.0 Å². The van der Waals surface area contributed by atoms with Crippen LogP contribution in [0.15, 0.2) is 35.1 Å². The molecule has 0 radical (unpaired) electrons. The van der Waals surface area contributed by atoms with Gasteiger partial charge in [-0.3, -0.25) is 23.4 Å². The smallest absolute Gasteiger partial charge is 0.325 e. The van der Waals surface area contributed by atoms with Crippen molar-refractivity contribution in [3.63, 3.8) is 0 Å². The van der Waals surface area contributed by atoms with Crippen molar-refractivity contribution >= 4 is 65.2 Å². The molecule has 2 aliphatic heterocycles. The Morgan fingerprint density at radius 3 is 2.83 bits per heavy atom. The average molecular weight is 641 g/mol. The molecule has 6 rings (SSSR count). The number of nitrogens with zero attached hydrogens (tertiary/aromatic N) is 7. The summed E-state index contributed by atoms with van der Waals surface area (Å²) in [4.78, 5) is 46.3. The first-order valence-corrected chi connectivity index (χ1v) is 15.7. The summed E-state index contributed by atoms with van der Waals surface area (Å²) in [5.74, 6) is 0.415. The Bertz CT molecular complexity index is 1800. The standard InChI is InChI=1S/C22H26FN10O6PS2/c1-36-14-9-3-2-4-10(23)15(21(41)33-8-29-13-18(33)30-22(25)31-19(13)34)39-40(35,42)37-5-11(9)38-20(14)32-7-28-12-16(24)26-6-27-17(12)32/h6-8,10,14-15,20-21,41H,2-5H2,1H3,(H,35,42)(H2,24,26,27)(H3,25,30,31,34)/t10-,14+,15+,20+,21+,40?/m0/s1. The van der Waals surface area contributed by atoms with Crippen LogP contribution in [0.25, 0.3) is 22.3 Å². The normalized spacial score (nSPS) is 28.0. The number of nitrogen functional groups attached to an aromatic ring is 2. The maximum Gasteiger partial charge on any atom is 0.325 e. The fraction of sp³-hybridized carbons (Fsp3) is 0.455. The number of thiol groups is 1. The third-order valence-corrected chi connectivity index (χ3v) is 9.15. The number of hydrogen-bond donors (Lipinski definition) is 5. The molecule has 224 valence electrons. The van der Waals surface area contributed by atoms with Gasteiger partial charge >= 0.3 is 6.72 Å². The number of aromatic nitrogens is 8. The maximum atomic E-state index is 15.9. The Hall–Kier alpha value is -3.19. The number of hydrogen-bond acceptors (Lipinski definition) is 14. The van der Waals surface area contributed by atoms with Crippen LogP contribution >= 0.6 is 19.3 Å². The van der Waals surface area contributed by atoms with Gasteiger partial charge in [0.2, 0.25) is 12.2 Å². The molecule has 0 aromatic carbocycles. The number of alkyl halides is 1. The predicted molar refractivity (Wildman–Crippen MR) is 154 cm³/mol. The largest absolute Gasteiger partial charge is 0.469 e. The van der Waals surface area contributed by atoms with Crippen LogP contribution in [0.2, 0.25) is 0 Å². The summed E-state index contributed by atoms with van der Waals surface area (Å²) in [6.45, 7) is -4.34. The highest BCUT2D eigenvalue weighted by atomic mass is 32.5. The van der Waals surface area contributed by atoms with E-state index in [1.165, 1.54) is 30.7 Å². The van der Waals surface area contributed by atoms with Gasteiger partial charge < -0.3 is 30.4 Å². The van der Waals surface area contributed by atoms with Gasteiger partial charge in [0, 0.05) is 12.7 Å². The van der Waals surface area contributed by atoms with Gasteiger partial charge in [0.15, 0.2) is 22.6 Å². The highest BCUT2D eigenvalue weighted by Gasteiger charge is 2.42. The number of ether oxygens (including phenoxy) is 2. The monoisotopic (exact) mass is 640 g/mol. The molecule has 0 aliphatic carbocycles. The summed E-state index contributed by atoms with van der Waals surface area (Å²) in [6.07, 6.45) is 0.392. The molecule has 0 fully saturated rings. The van der Waals surface area contributed by atoms with Crippen LogP contribution < -0.4 is 17.0 Å². The molecule has 6 atom stereocenters. The Morgan fingerprint density at radius 1 is 1.26 bits per heavy atom. The average Bonchev–Trinajstić information content (AvgIpc) is 3.65. The Kier molecular flexibility index (Phi) is 7.67. The van der Waals surface area contributed by atoms with Crippen LogP contribution in [-0.4, -0.2) is 76.0 Å². The first-order valence-electron chi connectivity index (χ1n) is 12.6. The number of nitrogens with one attached hydrogen (secondary N) is 1. The van der Waals surface area contributed by atoms with E-state index in [-0.39, 0.29) is 36.0 Å². The molecule has 16 nitrogen and oxygen atoms in total. The lowest BCUT2D eigenvalue weighted by molar-refractivity contribution is -0.0277. The molecule has 20 heteroatoms. The lowest BCUT2D eigenvalue weighted by atomic mass is 9.99. The van der Waals surface area contributed by atoms with Crippen molar-refractivity contribution in [3.05, 3.63) is 40.7 Å². The van der Waals surface area contributed by atoms with Gasteiger partial charge in [0.25, 0.3) is 5.56 Å². The topological polar surface area (TPSA) is 216 Å². The predicted octanol–water partition coefficient (Wildman–Crippen LogP) is 1.49. The number of nitrogens with two attached hydrogens (primary N) is 2. The molecule has 0 bridgehead atoms. The molecule has 6 heterocycles. The summed E-state index contributed by atoms with van der Waals surface area (Å²) < 4.78 is 42.3. The maximum absolute atomic E-state index is 15.9. The molecule has 1 unspecified atom stereocenters. The minimum Gasteiger partial charge on any atom is -0.469 e. The third-order valence-electron chi connectivity index (χ3n) is 7.06. The van der Waals surface area contributed by atoms with E-state index in [1.807, 2.05) is 0 Å². The van der Waals surface area contributed by atoms with Crippen molar-refractivity contribution < 1.29 is 27.8 Å². The van der Waals surface area contributed by atoms with Crippen molar-refractivity contribution in [1.29, 1.82) is 0 Å². The zero-order valence-corrected chi connectivity index (χ0v) is 24.5. The van der Waals surface area contributed by atoms with Crippen molar-refractivity contribution in [2.75, 3.05) is 25.2 Å². The number of fused-ring (bicyclic) bond motifs is 2. The van der Waals surface area contributed by atoms with Crippen molar-refractivity contribution in [2.24, 2.45) is 0 Å². The number of rotatable bonds is 4. The number of imidazole rings is 2. The second-order valence-corrected chi connectivity index (χ2v) is 12.9. The molecule has 0 saturated carbocycles. The summed E-state index contributed by atoms with van der Waals surface area (Å²) in [7, 11) is 1.52. The van der Waals surface area contributed by atoms with Gasteiger partial charge in [-0.05, 0) is 31.1 Å². The van der Waals surface area contributed by atoms with Crippen LogP contribution in [-0.2, 0) is 30.3 Å². The van der Waals surface area contributed by atoms with E-state index in [4.69, 9.17) is 41.8 Å². The van der Waals surface area contributed by atoms with E-state index in [0.717, 1.165) is 0 Å². The number of aromatic amines is 1. The quantitative estimate of drug-likeness (QED) is 0.158. The van der Waals surface area contributed by atoms with Gasteiger partial charge in [0.05, 0.1) is 6.33 Å². The van der Waals surface area contributed by atoms with Gasteiger partial charge in [-0.1, -0.05) is 0 Å². The second-order valence-electron chi connectivity index (χ2n) is 9.61. The molecule has 6 N–H and O–H groups in total. The van der Waals surface area contributed by atoms with E-state index >= 15 is 4.39 Å². The lowest BCUT2D eigenvalue weighted by Crippen LogP contribution is -2.32. The first-order chi connectivity index (χ1) is 20.1. The third kappa shape index (κ3) is 5.14. The molecule has 0 spiro atoms. The summed E-state index contributed by atoms with van der Waals surface area (Å²) >= 11 is 9.81. The first kappa shape index (κ1) is 28.9. The fourth-order valence-corrected chi connectivity index (χ4v) is 6.98. The zero-order valence-electron chi connectivity index (χ0n) is 21.9. The van der Waals surface area contributed by atoms with E-state index < -0.39 is 42.3 Å².